The summed E-state index contributed by atoms with van der Waals surface area (Å²) in [5.74, 6) is 0.171. The van der Waals surface area contributed by atoms with Crippen LogP contribution in [0, 0.1) is 22.7 Å². The topological polar surface area (TPSA) is 218 Å². The lowest BCUT2D eigenvalue weighted by Gasteiger charge is -2.26. The number of fused-ring (bicyclic) bond motifs is 1. The number of phosphoric ester groups is 1. The Bertz CT molecular complexity index is 1800. The summed E-state index contributed by atoms with van der Waals surface area (Å²) in [7, 11) is -4.83. The van der Waals surface area contributed by atoms with E-state index < -0.39 is 44.4 Å². The van der Waals surface area contributed by atoms with Gasteiger partial charge in [-0.15, -0.1) is 0 Å². The van der Waals surface area contributed by atoms with Crippen molar-refractivity contribution in [3.63, 3.8) is 0 Å². The number of nitrogen functional groups attached to an aromatic ring is 1. The predicted octanol–water partition coefficient (Wildman–Crippen LogP) is 8.65. The lowest BCUT2D eigenvalue weighted by atomic mass is 9.96. The van der Waals surface area contributed by atoms with E-state index >= 15 is 0 Å². The van der Waals surface area contributed by atoms with E-state index in [9.17, 15) is 30.2 Å². The molecule has 16 heteroatoms. The average molecular weight is 831 g/mol. The molecule has 0 spiro atoms. The summed E-state index contributed by atoms with van der Waals surface area (Å²) in [5, 5.41) is 45.7. The maximum Gasteiger partial charge on any atom is 0.472 e. The zero-order valence-corrected chi connectivity index (χ0v) is 34.8. The molecule has 57 heavy (non-hydrogen) atoms. The normalized spacial score (nSPS) is 21.0. The first-order chi connectivity index (χ1) is 27.5. The van der Waals surface area contributed by atoms with Gasteiger partial charge in [0.2, 0.25) is 5.60 Å². The fraction of sp³-hybridized carbons (Fsp3) is 0.659. The quantitative estimate of drug-likeness (QED) is 0.0398. The van der Waals surface area contributed by atoms with E-state index in [0.717, 1.165) is 25.7 Å². The molecule has 3 heterocycles. The molecule has 0 aliphatic carbocycles. The average Bonchev–Trinajstić information content (AvgIpc) is 3.74. The van der Waals surface area contributed by atoms with E-state index in [0.29, 0.717) is 28.1 Å². The third-order valence-corrected chi connectivity index (χ3v) is 11.7. The van der Waals surface area contributed by atoms with E-state index in [2.05, 4.69) is 23.1 Å². The highest BCUT2D eigenvalue weighted by Gasteiger charge is 2.57. The Morgan fingerprint density at radius 3 is 2.16 bits per heavy atom. The molecular formula is C41H60ClN6O8P. The third-order valence-electron chi connectivity index (χ3n) is 10.5. The second kappa shape index (κ2) is 24.1. The van der Waals surface area contributed by atoms with Crippen LogP contribution in [0.25, 0.3) is 5.52 Å². The van der Waals surface area contributed by atoms with E-state index in [4.69, 9.17) is 35.9 Å². The molecule has 1 saturated heterocycles. The molecule has 1 unspecified atom stereocenters. The van der Waals surface area contributed by atoms with Crippen molar-refractivity contribution in [3.8, 4) is 12.1 Å². The van der Waals surface area contributed by atoms with Gasteiger partial charge in [0.1, 0.15) is 42.8 Å². The summed E-state index contributed by atoms with van der Waals surface area (Å²) in [6.45, 7) is 1.13. The Labute approximate surface area is 341 Å². The number of nitrogens with zero attached hydrogens (tertiary/aromatic N) is 5. The van der Waals surface area contributed by atoms with Gasteiger partial charge in [0, 0.05) is 5.02 Å². The molecule has 1 aliphatic heterocycles. The number of benzene rings is 1. The van der Waals surface area contributed by atoms with Crippen LogP contribution < -0.4 is 5.73 Å². The minimum atomic E-state index is -4.83. The number of aliphatic hydroxyl groups excluding tert-OH is 2. The standard InChI is InChI=1S/C41H60ClN6O8P/c1-2-3-4-5-6-7-8-9-10-11-12-13-14-15-16-17-18-19-34(53-26-32-22-31(25-43)23-33(42)24-32)27-54-57(51,52)55-29-41(28-44)39(50)37(49)38(56-41)35-20-21-36-40(45)46-30-47-48(35)36/h20-24,30,34,37-39,49-50H,2-19,26-27,29H2,1H3,(H,51,52)(H2,45,46,47)/t34-,37+,38+,39+,41-/m1/s1. The van der Waals surface area contributed by atoms with Crippen LogP contribution in [0.5, 0.6) is 0 Å². The Morgan fingerprint density at radius 2 is 1.56 bits per heavy atom. The monoisotopic (exact) mass is 830 g/mol. The van der Waals surface area contributed by atoms with Crippen LogP contribution in [-0.2, 0) is 29.7 Å². The van der Waals surface area contributed by atoms with Crippen LogP contribution in [0.3, 0.4) is 0 Å². The molecule has 3 aromatic rings. The highest BCUT2D eigenvalue weighted by molar-refractivity contribution is 7.47. The summed E-state index contributed by atoms with van der Waals surface area (Å²) in [5.41, 5.74) is 5.44. The van der Waals surface area contributed by atoms with Crippen LogP contribution in [0.2, 0.25) is 5.02 Å². The van der Waals surface area contributed by atoms with E-state index in [-0.39, 0.29) is 24.7 Å². The molecule has 14 nitrogen and oxygen atoms in total. The largest absolute Gasteiger partial charge is 0.472 e. The Morgan fingerprint density at radius 1 is 0.947 bits per heavy atom. The van der Waals surface area contributed by atoms with E-state index in [1.165, 1.54) is 94.3 Å². The van der Waals surface area contributed by atoms with Gasteiger partial charge in [-0.05, 0) is 42.3 Å². The third kappa shape index (κ3) is 14.6. The van der Waals surface area contributed by atoms with Crippen LogP contribution >= 0.6 is 19.4 Å². The Hall–Kier alpha value is -3.14. The van der Waals surface area contributed by atoms with Crippen molar-refractivity contribution in [3.05, 3.63) is 58.5 Å². The number of nitriles is 2. The molecule has 0 saturated carbocycles. The number of nitrogens with two attached hydrogens (primary N) is 1. The molecule has 1 fully saturated rings. The summed E-state index contributed by atoms with van der Waals surface area (Å²) in [6.07, 6.45) is 17.6. The molecule has 5 N–H and O–H groups in total. The SMILES string of the molecule is CCCCCCCCCCCCCCCCCCC[C@H](COP(=O)(O)OC[C@@]1(C#N)O[C@@H](c2ccc3c(N)ncnn23)[C@H](O)[C@@H]1O)OCc1cc(Cl)cc(C#N)c1. The smallest absolute Gasteiger partial charge is 0.387 e. The van der Waals surface area contributed by atoms with E-state index in [1.807, 2.05) is 0 Å². The van der Waals surface area contributed by atoms with Crippen molar-refractivity contribution in [1.82, 2.24) is 14.6 Å². The molecule has 314 valence electrons. The highest BCUT2D eigenvalue weighted by Crippen LogP contribution is 2.48. The van der Waals surface area contributed by atoms with Gasteiger partial charge in [-0.1, -0.05) is 128 Å². The maximum atomic E-state index is 13.1. The minimum absolute atomic E-state index is 0.0840. The van der Waals surface area contributed by atoms with Gasteiger partial charge in [0.25, 0.3) is 0 Å². The number of aliphatic hydroxyl groups is 2. The first kappa shape index (κ1) is 46.5. The van der Waals surface area contributed by atoms with Crippen molar-refractivity contribution >= 4 is 30.8 Å². The van der Waals surface area contributed by atoms with Gasteiger partial charge in [-0.3, -0.25) is 9.05 Å². The van der Waals surface area contributed by atoms with Crippen LogP contribution in [0.15, 0.2) is 36.7 Å². The van der Waals surface area contributed by atoms with Crippen molar-refractivity contribution in [1.29, 1.82) is 10.5 Å². The molecule has 1 aromatic carbocycles. The number of halogens is 1. The number of rotatable bonds is 28. The zero-order valence-electron chi connectivity index (χ0n) is 33.1. The number of phosphoric acid groups is 1. The fourth-order valence-corrected chi connectivity index (χ4v) is 8.23. The molecule has 2 aromatic heterocycles. The van der Waals surface area contributed by atoms with Crippen molar-refractivity contribution in [2.24, 2.45) is 0 Å². The van der Waals surface area contributed by atoms with Gasteiger partial charge < -0.3 is 30.3 Å². The lowest BCUT2D eigenvalue weighted by molar-refractivity contribution is -0.0763. The number of aromatic nitrogens is 3. The van der Waals surface area contributed by atoms with Gasteiger partial charge in [0.15, 0.2) is 5.82 Å². The summed E-state index contributed by atoms with van der Waals surface area (Å²) >= 11 is 6.19. The molecule has 0 radical (unpaired) electrons. The Kier molecular flexibility index (Phi) is 19.7. The van der Waals surface area contributed by atoms with Gasteiger partial charge in [0.05, 0.1) is 36.6 Å². The Balaban J connectivity index is 1.23. The highest BCUT2D eigenvalue weighted by atomic mass is 35.5. The molecule has 0 bridgehead atoms. The van der Waals surface area contributed by atoms with Crippen molar-refractivity contribution in [2.45, 2.75) is 159 Å². The zero-order chi connectivity index (χ0) is 41.1. The number of hydrogen-bond acceptors (Lipinski definition) is 12. The van der Waals surface area contributed by atoms with Gasteiger partial charge in [-0.25, -0.2) is 14.1 Å². The number of hydrogen-bond donors (Lipinski definition) is 4. The summed E-state index contributed by atoms with van der Waals surface area (Å²) in [4.78, 5) is 14.6. The van der Waals surface area contributed by atoms with Crippen LogP contribution in [0.4, 0.5) is 5.82 Å². The maximum absolute atomic E-state index is 13.1. The minimum Gasteiger partial charge on any atom is -0.387 e. The molecule has 6 atom stereocenters. The number of ether oxygens (including phenoxy) is 2. The predicted molar refractivity (Wildman–Crippen MR) is 217 cm³/mol. The van der Waals surface area contributed by atoms with Crippen molar-refractivity contribution < 1.29 is 38.2 Å². The fourth-order valence-electron chi connectivity index (χ4n) is 7.19. The van der Waals surface area contributed by atoms with E-state index in [1.54, 1.807) is 36.4 Å². The van der Waals surface area contributed by atoms with Crippen LogP contribution in [0.1, 0.15) is 145 Å². The number of anilines is 1. The second-order valence-corrected chi connectivity index (χ2v) is 16.9. The first-order valence-electron chi connectivity index (χ1n) is 20.5. The first-order valence-corrected chi connectivity index (χ1v) is 22.4. The lowest BCUT2D eigenvalue weighted by Crippen LogP contribution is -2.45. The molecule has 1 aliphatic rings. The van der Waals surface area contributed by atoms with Crippen LogP contribution in [-0.4, -0.2) is 66.8 Å². The molecule has 4 rings (SSSR count). The molecular weight excluding hydrogens is 771 g/mol. The number of unbranched alkanes of at least 4 members (excludes halogenated alkanes) is 16. The summed E-state index contributed by atoms with van der Waals surface area (Å²) in [6, 6.07) is 11.9. The second-order valence-electron chi connectivity index (χ2n) is 15.1. The summed E-state index contributed by atoms with van der Waals surface area (Å²) < 4.78 is 37.0. The molecule has 0 amide bonds. The van der Waals surface area contributed by atoms with Crippen molar-refractivity contribution in [2.75, 3.05) is 18.9 Å². The van der Waals surface area contributed by atoms with Gasteiger partial charge >= 0.3 is 7.82 Å². The van der Waals surface area contributed by atoms with Gasteiger partial charge in [-0.2, -0.15) is 15.6 Å².